The van der Waals surface area contributed by atoms with Crippen molar-refractivity contribution in [3.63, 3.8) is 0 Å². The van der Waals surface area contributed by atoms with Crippen LogP contribution in [0.4, 0.5) is 0 Å². The van der Waals surface area contributed by atoms with Crippen molar-refractivity contribution < 1.29 is 4.79 Å². The number of nitrogens with zero attached hydrogens (tertiary/aromatic N) is 1. The van der Waals surface area contributed by atoms with E-state index in [4.69, 9.17) is 0 Å². The maximum Gasteiger partial charge on any atom is 0.219 e. The number of fused-ring (bicyclic) bond motifs is 2. The largest absolute Gasteiger partial charge is 0.359 e. The molecule has 0 aromatic heterocycles. The van der Waals surface area contributed by atoms with Crippen LogP contribution in [-0.2, 0) is 11.3 Å². The maximum absolute atomic E-state index is 11.4. The molecule has 4 nitrogen and oxygen atoms in total. The SMILES string of the molecule is CNC(=O)CCC[C@H]1NC[C@@H]2CC1CN(Cc1ccccc1)C2. The van der Waals surface area contributed by atoms with Crippen molar-refractivity contribution in [2.45, 2.75) is 38.3 Å². The average Bonchev–Trinajstić information content (AvgIpc) is 2.57. The van der Waals surface area contributed by atoms with Crippen molar-refractivity contribution in [1.82, 2.24) is 15.5 Å². The number of piperidine rings is 2. The molecule has 1 aromatic rings. The zero-order valence-corrected chi connectivity index (χ0v) is 14.1. The summed E-state index contributed by atoms with van der Waals surface area (Å²) >= 11 is 0. The van der Waals surface area contributed by atoms with Gasteiger partial charge in [0, 0.05) is 39.1 Å². The van der Waals surface area contributed by atoms with Crippen LogP contribution in [0.2, 0.25) is 0 Å². The monoisotopic (exact) mass is 315 g/mol. The maximum atomic E-state index is 11.4. The fourth-order valence-electron chi connectivity index (χ4n) is 4.19. The summed E-state index contributed by atoms with van der Waals surface area (Å²) in [6.45, 7) is 4.59. The third-order valence-corrected chi connectivity index (χ3v) is 5.33. The van der Waals surface area contributed by atoms with Gasteiger partial charge in [-0.05, 0) is 43.2 Å². The quantitative estimate of drug-likeness (QED) is 0.844. The summed E-state index contributed by atoms with van der Waals surface area (Å²) in [6.07, 6.45) is 4.10. The summed E-state index contributed by atoms with van der Waals surface area (Å²) in [7, 11) is 1.72. The van der Waals surface area contributed by atoms with Crippen LogP contribution in [0.3, 0.4) is 0 Å². The summed E-state index contributed by atoms with van der Waals surface area (Å²) in [6, 6.07) is 11.4. The molecule has 126 valence electrons. The highest BCUT2D eigenvalue weighted by molar-refractivity contribution is 5.75. The number of hydrogen-bond donors (Lipinski definition) is 2. The molecule has 0 saturated carbocycles. The van der Waals surface area contributed by atoms with Gasteiger partial charge in [0.15, 0.2) is 0 Å². The van der Waals surface area contributed by atoms with Gasteiger partial charge < -0.3 is 10.6 Å². The highest BCUT2D eigenvalue weighted by Crippen LogP contribution is 2.31. The number of hydrogen-bond acceptors (Lipinski definition) is 3. The molecule has 2 heterocycles. The smallest absolute Gasteiger partial charge is 0.219 e. The third-order valence-electron chi connectivity index (χ3n) is 5.33. The minimum atomic E-state index is 0.160. The highest BCUT2D eigenvalue weighted by Gasteiger charge is 2.35. The summed E-state index contributed by atoms with van der Waals surface area (Å²) in [5.41, 5.74) is 1.41. The second-order valence-corrected chi connectivity index (χ2v) is 7.12. The Kier molecular flexibility index (Phi) is 5.68. The van der Waals surface area contributed by atoms with Gasteiger partial charge in [-0.3, -0.25) is 9.69 Å². The predicted molar refractivity (Wildman–Crippen MR) is 93.0 cm³/mol. The number of benzene rings is 1. The lowest BCUT2D eigenvalue weighted by Gasteiger charge is -2.46. The normalized spacial score (nSPS) is 27.6. The van der Waals surface area contributed by atoms with E-state index >= 15 is 0 Å². The van der Waals surface area contributed by atoms with Crippen LogP contribution in [-0.4, -0.2) is 43.5 Å². The van der Waals surface area contributed by atoms with Gasteiger partial charge in [-0.2, -0.15) is 0 Å². The molecule has 23 heavy (non-hydrogen) atoms. The van der Waals surface area contributed by atoms with Crippen molar-refractivity contribution in [1.29, 1.82) is 0 Å². The molecular weight excluding hydrogens is 286 g/mol. The lowest BCUT2D eigenvalue weighted by molar-refractivity contribution is -0.120. The van der Waals surface area contributed by atoms with Gasteiger partial charge in [0.2, 0.25) is 5.91 Å². The Morgan fingerprint density at radius 3 is 2.91 bits per heavy atom. The Morgan fingerprint density at radius 1 is 1.30 bits per heavy atom. The van der Waals surface area contributed by atoms with Gasteiger partial charge in [-0.1, -0.05) is 30.3 Å². The molecule has 2 bridgehead atoms. The topological polar surface area (TPSA) is 44.4 Å². The zero-order chi connectivity index (χ0) is 16.1. The van der Waals surface area contributed by atoms with Crippen LogP contribution >= 0.6 is 0 Å². The minimum absolute atomic E-state index is 0.160. The number of rotatable bonds is 6. The van der Waals surface area contributed by atoms with Gasteiger partial charge in [-0.15, -0.1) is 0 Å². The van der Waals surface area contributed by atoms with Crippen LogP contribution < -0.4 is 10.6 Å². The standard InChI is InChI=1S/C19H29N3O/c1-20-19(23)9-5-8-18-17-10-16(11-21-18)13-22(14-17)12-15-6-3-2-4-7-15/h2-4,6-7,16-18,21H,5,8-14H2,1H3,(H,20,23)/t16-,17?,18+/m0/s1. The molecule has 2 N–H and O–H groups in total. The Morgan fingerprint density at radius 2 is 2.13 bits per heavy atom. The van der Waals surface area contributed by atoms with Crippen LogP contribution in [0.25, 0.3) is 0 Å². The third kappa shape index (κ3) is 4.55. The van der Waals surface area contributed by atoms with E-state index in [1.165, 1.54) is 25.1 Å². The fourth-order valence-corrected chi connectivity index (χ4v) is 4.19. The number of carbonyl (C=O) groups is 1. The Bertz CT molecular complexity index is 505. The molecule has 3 rings (SSSR count). The zero-order valence-electron chi connectivity index (χ0n) is 14.1. The molecule has 1 amide bonds. The molecule has 0 aliphatic carbocycles. The van der Waals surface area contributed by atoms with E-state index in [1.807, 2.05) is 0 Å². The summed E-state index contributed by atoms with van der Waals surface area (Å²) in [4.78, 5) is 14.0. The molecule has 2 fully saturated rings. The van der Waals surface area contributed by atoms with Gasteiger partial charge in [0.25, 0.3) is 0 Å². The van der Waals surface area contributed by atoms with E-state index in [-0.39, 0.29) is 5.91 Å². The van der Waals surface area contributed by atoms with E-state index in [2.05, 4.69) is 45.9 Å². The molecule has 1 aromatic carbocycles. The van der Waals surface area contributed by atoms with Crippen molar-refractivity contribution in [3.05, 3.63) is 35.9 Å². The first-order valence-corrected chi connectivity index (χ1v) is 8.95. The van der Waals surface area contributed by atoms with Crippen LogP contribution in [0.15, 0.2) is 30.3 Å². The molecule has 2 aliphatic heterocycles. The first-order chi connectivity index (χ1) is 11.2. The number of amides is 1. The molecule has 3 atom stereocenters. The summed E-state index contributed by atoms with van der Waals surface area (Å²) in [5, 5.41) is 6.45. The van der Waals surface area contributed by atoms with E-state index in [0.29, 0.717) is 12.5 Å². The van der Waals surface area contributed by atoms with Crippen molar-refractivity contribution in [3.8, 4) is 0 Å². The lowest BCUT2D eigenvalue weighted by atomic mass is 9.79. The molecular formula is C19H29N3O. The van der Waals surface area contributed by atoms with Crippen molar-refractivity contribution in [2.75, 3.05) is 26.7 Å². The minimum Gasteiger partial charge on any atom is -0.359 e. The molecule has 1 unspecified atom stereocenters. The van der Waals surface area contributed by atoms with E-state index in [1.54, 1.807) is 7.05 Å². The second-order valence-electron chi connectivity index (χ2n) is 7.12. The molecule has 4 heteroatoms. The average molecular weight is 315 g/mol. The number of carbonyl (C=O) groups excluding carboxylic acids is 1. The van der Waals surface area contributed by atoms with E-state index in [9.17, 15) is 4.79 Å². The molecule has 0 spiro atoms. The first kappa shape index (κ1) is 16.5. The van der Waals surface area contributed by atoms with Gasteiger partial charge >= 0.3 is 0 Å². The molecule has 0 radical (unpaired) electrons. The molecule has 2 aliphatic rings. The predicted octanol–water partition coefficient (Wildman–Crippen LogP) is 2.01. The number of nitrogens with one attached hydrogen (secondary N) is 2. The van der Waals surface area contributed by atoms with E-state index in [0.717, 1.165) is 37.8 Å². The summed E-state index contributed by atoms with van der Waals surface area (Å²) in [5.74, 6) is 1.68. The molecule has 2 saturated heterocycles. The Labute approximate surface area is 139 Å². The Hall–Kier alpha value is -1.39. The van der Waals surface area contributed by atoms with Crippen LogP contribution in [0.1, 0.15) is 31.2 Å². The fraction of sp³-hybridized carbons (Fsp3) is 0.632. The van der Waals surface area contributed by atoms with Gasteiger partial charge in [0.1, 0.15) is 0 Å². The van der Waals surface area contributed by atoms with Crippen molar-refractivity contribution in [2.24, 2.45) is 11.8 Å². The lowest BCUT2D eigenvalue weighted by Crippen LogP contribution is -2.55. The second kappa shape index (κ2) is 7.93. The van der Waals surface area contributed by atoms with Gasteiger partial charge in [-0.25, -0.2) is 0 Å². The van der Waals surface area contributed by atoms with Crippen LogP contribution in [0, 0.1) is 11.8 Å². The Balaban J connectivity index is 1.51. The number of likely N-dealkylation sites (tertiary alicyclic amines) is 1. The summed E-state index contributed by atoms with van der Waals surface area (Å²) < 4.78 is 0. The van der Waals surface area contributed by atoms with Crippen LogP contribution in [0.5, 0.6) is 0 Å². The first-order valence-electron chi connectivity index (χ1n) is 8.95. The highest BCUT2D eigenvalue weighted by atomic mass is 16.1. The van der Waals surface area contributed by atoms with E-state index < -0.39 is 0 Å². The van der Waals surface area contributed by atoms with Gasteiger partial charge in [0.05, 0.1) is 0 Å². The van der Waals surface area contributed by atoms with Crippen molar-refractivity contribution >= 4 is 5.91 Å².